The van der Waals surface area contributed by atoms with Crippen LogP contribution < -0.4 is 0 Å². The fraction of sp³-hybridized carbons (Fsp3) is 0.615. The Morgan fingerprint density at radius 2 is 2.19 bits per heavy atom. The first-order valence-corrected chi connectivity index (χ1v) is 6.72. The molecule has 1 aliphatic rings. The van der Waals surface area contributed by atoms with Crippen LogP contribution >= 0.6 is 11.8 Å². The highest BCUT2D eigenvalue weighted by Gasteiger charge is 2.35. The van der Waals surface area contributed by atoms with Crippen molar-refractivity contribution in [2.75, 3.05) is 0 Å². The van der Waals surface area contributed by atoms with Crippen LogP contribution in [0.1, 0.15) is 46.0 Å². The Bertz CT molecular complexity index is 307. The summed E-state index contributed by atoms with van der Waals surface area (Å²) in [5, 5.41) is 9.57. The normalized spacial score (nSPS) is 25.4. The average molecular weight is 240 g/mol. The molecule has 1 aliphatic heterocycles. The summed E-state index contributed by atoms with van der Waals surface area (Å²) in [6.45, 7) is 4.07. The first-order valence-electron chi connectivity index (χ1n) is 5.90. The van der Waals surface area contributed by atoms with Crippen LogP contribution in [0.2, 0.25) is 0 Å². The number of allylic oxidation sites excluding steroid dienone is 1. The van der Waals surface area contributed by atoms with Gasteiger partial charge in [-0.3, -0.25) is 4.79 Å². The summed E-state index contributed by atoms with van der Waals surface area (Å²) in [4.78, 5) is 11.1. The molecule has 0 saturated carbocycles. The molecule has 0 unspecified atom stereocenters. The third kappa shape index (κ3) is 3.71. The number of thioether (sulfide) groups is 1. The van der Waals surface area contributed by atoms with E-state index in [2.05, 4.69) is 13.0 Å². The van der Waals surface area contributed by atoms with E-state index in [9.17, 15) is 9.90 Å². The highest BCUT2D eigenvalue weighted by molar-refractivity contribution is 8.15. The number of carbonyl (C=O) groups excluding carboxylic acids is 1. The van der Waals surface area contributed by atoms with E-state index in [-0.39, 0.29) is 10.9 Å². The summed E-state index contributed by atoms with van der Waals surface area (Å²) in [5.41, 5.74) is 0. The van der Waals surface area contributed by atoms with Crippen molar-refractivity contribution in [1.82, 2.24) is 0 Å². The fourth-order valence-electron chi connectivity index (χ4n) is 1.66. The predicted molar refractivity (Wildman–Crippen MR) is 69.6 cm³/mol. The maximum atomic E-state index is 11.1. The molecule has 1 N–H and O–H groups in total. The molecular weight excluding hydrogens is 220 g/mol. The topological polar surface area (TPSA) is 37.3 Å². The van der Waals surface area contributed by atoms with E-state index < -0.39 is 4.75 Å². The molecule has 90 valence electrons. The first-order chi connectivity index (χ1) is 7.58. The van der Waals surface area contributed by atoms with Gasteiger partial charge in [0.05, 0.1) is 4.75 Å². The summed E-state index contributed by atoms with van der Waals surface area (Å²) < 4.78 is -0.526. The van der Waals surface area contributed by atoms with E-state index in [1.165, 1.54) is 43.5 Å². The van der Waals surface area contributed by atoms with Crippen LogP contribution in [0.3, 0.4) is 0 Å². The standard InChI is InChI=1S/C13H20O2S/c1-3-4-5-6-7-8-9-13(2)11(14)10-12(15)16-13/h8-10,14H,3-7H2,1-2H3/t13-/m1/s1. The Labute approximate surface area is 102 Å². The summed E-state index contributed by atoms with van der Waals surface area (Å²) >= 11 is 1.18. The quantitative estimate of drug-likeness (QED) is 0.563. The van der Waals surface area contributed by atoms with Crippen molar-refractivity contribution in [2.45, 2.75) is 50.7 Å². The molecule has 0 bridgehead atoms. The van der Waals surface area contributed by atoms with Crippen molar-refractivity contribution in [2.24, 2.45) is 0 Å². The minimum Gasteiger partial charge on any atom is -0.510 e. The predicted octanol–water partition coefficient (Wildman–Crippen LogP) is 3.99. The smallest absolute Gasteiger partial charge is 0.216 e. The lowest BCUT2D eigenvalue weighted by molar-refractivity contribution is -0.106. The monoisotopic (exact) mass is 240 g/mol. The van der Waals surface area contributed by atoms with Gasteiger partial charge in [0.1, 0.15) is 5.76 Å². The molecule has 1 atom stereocenters. The Morgan fingerprint density at radius 3 is 2.75 bits per heavy atom. The fourth-order valence-corrected chi connectivity index (χ4v) is 2.58. The second-order valence-electron chi connectivity index (χ2n) is 4.31. The molecule has 0 aliphatic carbocycles. The van der Waals surface area contributed by atoms with Crippen molar-refractivity contribution in [3.63, 3.8) is 0 Å². The van der Waals surface area contributed by atoms with E-state index in [0.29, 0.717) is 0 Å². The van der Waals surface area contributed by atoms with E-state index in [4.69, 9.17) is 0 Å². The Balaban J connectivity index is 2.34. The molecular formula is C13H20O2S. The molecule has 0 saturated heterocycles. The van der Waals surface area contributed by atoms with Gasteiger partial charge in [-0.1, -0.05) is 50.1 Å². The van der Waals surface area contributed by atoms with Crippen molar-refractivity contribution < 1.29 is 9.90 Å². The molecule has 16 heavy (non-hydrogen) atoms. The largest absolute Gasteiger partial charge is 0.510 e. The van der Waals surface area contributed by atoms with Gasteiger partial charge in [-0.2, -0.15) is 0 Å². The lowest BCUT2D eigenvalue weighted by atomic mass is 10.1. The van der Waals surface area contributed by atoms with Gasteiger partial charge in [-0.15, -0.1) is 0 Å². The van der Waals surface area contributed by atoms with Crippen LogP contribution in [-0.2, 0) is 4.79 Å². The van der Waals surface area contributed by atoms with E-state index in [0.717, 1.165) is 6.42 Å². The lowest BCUT2D eigenvalue weighted by Gasteiger charge is -2.17. The highest BCUT2D eigenvalue weighted by atomic mass is 32.2. The van der Waals surface area contributed by atoms with Crippen molar-refractivity contribution in [3.8, 4) is 0 Å². The summed E-state index contributed by atoms with van der Waals surface area (Å²) in [5.74, 6) is 0.173. The third-order valence-corrected chi connectivity index (χ3v) is 3.82. The van der Waals surface area contributed by atoms with Gasteiger partial charge < -0.3 is 5.11 Å². The molecule has 1 rings (SSSR count). The number of aliphatic hydroxyl groups is 1. The molecule has 0 fully saturated rings. The van der Waals surface area contributed by atoms with Gasteiger partial charge in [-0.25, -0.2) is 0 Å². The zero-order valence-electron chi connectivity index (χ0n) is 10.0. The zero-order chi connectivity index (χ0) is 12.0. The lowest BCUT2D eigenvalue weighted by Crippen LogP contribution is -2.16. The number of hydrogen-bond donors (Lipinski definition) is 1. The molecule has 0 radical (unpaired) electrons. The second-order valence-corrected chi connectivity index (χ2v) is 5.76. The number of carbonyl (C=O) groups is 1. The molecule has 2 nitrogen and oxygen atoms in total. The minimum absolute atomic E-state index is 0.0596. The van der Waals surface area contributed by atoms with Gasteiger partial charge in [0.25, 0.3) is 0 Å². The van der Waals surface area contributed by atoms with Crippen molar-refractivity contribution in [1.29, 1.82) is 0 Å². The Hall–Kier alpha value is -0.700. The second kappa shape index (κ2) is 6.14. The van der Waals surface area contributed by atoms with Gasteiger partial charge >= 0.3 is 0 Å². The maximum absolute atomic E-state index is 11.1. The van der Waals surface area contributed by atoms with Gasteiger partial charge in [0.2, 0.25) is 5.12 Å². The van der Waals surface area contributed by atoms with Gasteiger partial charge in [0.15, 0.2) is 0 Å². The summed E-state index contributed by atoms with van der Waals surface area (Å²) in [7, 11) is 0. The first kappa shape index (κ1) is 13.4. The Morgan fingerprint density at radius 1 is 1.44 bits per heavy atom. The maximum Gasteiger partial charge on any atom is 0.216 e. The number of rotatable bonds is 6. The minimum atomic E-state index is -0.526. The van der Waals surface area contributed by atoms with Crippen LogP contribution in [0, 0.1) is 0 Å². The van der Waals surface area contributed by atoms with Gasteiger partial charge in [-0.05, 0) is 19.8 Å². The number of aliphatic hydroxyl groups excluding tert-OH is 1. The molecule has 1 heterocycles. The highest BCUT2D eigenvalue weighted by Crippen LogP contribution is 2.39. The van der Waals surface area contributed by atoms with Crippen LogP contribution in [0.15, 0.2) is 24.0 Å². The molecule has 0 spiro atoms. The SMILES string of the molecule is CCCCCCC=C[C@@]1(C)SC(=O)C=C1O. The van der Waals surface area contributed by atoms with Crippen molar-refractivity contribution >= 4 is 16.9 Å². The summed E-state index contributed by atoms with van der Waals surface area (Å²) in [6.07, 6.45) is 11.3. The molecule has 3 heteroatoms. The van der Waals surface area contributed by atoms with E-state index >= 15 is 0 Å². The molecule has 0 aromatic rings. The Kier molecular flexibility index (Phi) is 5.13. The van der Waals surface area contributed by atoms with Crippen molar-refractivity contribution in [3.05, 3.63) is 24.0 Å². The van der Waals surface area contributed by atoms with Gasteiger partial charge in [0, 0.05) is 6.08 Å². The molecule has 0 aromatic carbocycles. The third-order valence-electron chi connectivity index (χ3n) is 2.74. The zero-order valence-corrected chi connectivity index (χ0v) is 10.8. The number of hydrogen-bond acceptors (Lipinski definition) is 3. The number of unbranched alkanes of at least 4 members (excludes halogenated alkanes) is 4. The molecule has 0 aromatic heterocycles. The van der Waals surface area contributed by atoms with Crippen LogP contribution in [-0.4, -0.2) is 15.0 Å². The van der Waals surface area contributed by atoms with Crippen LogP contribution in [0.5, 0.6) is 0 Å². The summed E-state index contributed by atoms with van der Waals surface area (Å²) in [6, 6.07) is 0. The van der Waals surface area contributed by atoms with Crippen LogP contribution in [0.4, 0.5) is 0 Å². The average Bonchev–Trinajstić information content (AvgIpc) is 2.47. The van der Waals surface area contributed by atoms with E-state index in [1.54, 1.807) is 0 Å². The molecule has 0 amide bonds. The van der Waals surface area contributed by atoms with Crippen LogP contribution in [0.25, 0.3) is 0 Å². The van der Waals surface area contributed by atoms with E-state index in [1.807, 2.05) is 13.0 Å².